The SMILES string of the molecule is Cc1ccn2c(C(=O)N/N=C/c3cccnc3)c(C)nc2c1. The van der Waals surface area contributed by atoms with Gasteiger partial charge in [0, 0.05) is 24.2 Å². The zero-order valence-corrected chi connectivity index (χ0v) is 12.3. The second-order valence-corrected chi connectivity index (χ2v) is 4.96. The molecular weight excluding hydrogens is 278 g/mol. The molecule has 0 aliphatic carbocycles. The van der Waals surface area contributed by atoms with Crippen molar-refractivity contribution >= 4 is 17.8 Å². The van der Waals surface area contributed by atoms with E-state index in [2.05, 4.69) is 20.5 Å². The largest absolute Gasteiger partial charge is 0.295 e. The van der Waals surface area contributed by atoms with E-state index >= 15 is 0 Å². The lowest BCUT2D eigenvalue weighted by atomic mass is 10.3. The summed E-state index contributed by atoms with van der Waals surface area (Å²) in [4.78, 5) is 20.7. The zero-order valence-electron chi connectivity index (χ0n) is 12.3. The summed E-state index contributed by atoms with van der Waals surface area (Å²) in [5.74, 6) is -0.297. The van der Waals surface area contributed by atoms with Crippen molar-refractivity contribution in [3.63, 3.8) is 0 Å². The van der Waals surface area contributed by atoms with Gasteiger partial charge in [0.05, 0.1) is 11.9 Å². The number of imidazole rings is 1. The lowest BCUT2D eigenvalue weighted by molar-refractivity contribution is 0.0948. The molecule has 0 saturated carbocycles. The van der Waals surface area contributed by atoms with Crippen LogP contribution < -0.4 is 5.43 Å². The van der Waals surface area contributed by atoms with Crippen molar-refractivity contribution in [2.24, 2.45) is 5.10 Å². The highest BCUT2D eigenvalue weighted by molar-refractivity contribution is 5.95. The van der Waals surface area contributed by atoms with Crippen LogP contribution in [0, 0.1) is 13.8 Å². The van der Waals surface area contributed by atoms with E-state index in [0.717, 1.165) is 16.8 Å². The smallest absolute Gasteiger partial charge is 0.290 e. The average molecular weight is 293 g/mol. The molecule has 0 spiro atoms. The molecule has 6 nitrogen and oxygen atoms in total. The van der Waals surface area contributed by atoms with Gasteiger partial charge in [-0.05, 0) is 37.6 Å². The van der Waals surface area contributed by atoms with Gasteiger partial charge < -0.3 is 0 Å². The lowest BCUT2D eigenvalue weighted by Crippen LogP contribution is -2.20. The summed E-state index contributed by atoms with van der Waals surface area (Å²) >= 11 is 0. The number of nitrogens with one attached hydrogen (secondary N) is 1. The molecule has 0 bridgehead atoms. The molecule has 0 unspecified atom stereocenters. The summed E-state index contributed by atoms with van der Waals surface area (Å²) in [5.41, 5.74) is 6.33. The highest BCUT2D eigenvalue weighted by Gasteiger charge is 2.15. The van der Waals surface area contributed by atoms with Gasteiger partial charge in [-0.3, -0.25) is 14.2 Å². The monoisotopic (exact) mass is 293 g/mol. The molecule has 0 aromatic carbocycles. The number of hydrogen-bond acceptors (Lipinski definition) is 4. The number of pyridine rings is 2. The Morgan fingerprint density at radius 2 is 2.23 bits per heavy atom. The molecule has 3 rings (SSSR count). The lowest BCUT2D eigenvalue weighted by Gasteiger charge is -2.02. The van der Waals surface area contributed by atoms with Gasteiger partial charge in [-0.25, -0.2) is 10.4 Å². The van der Waals surface area contributed by atoms with E-state index in [0.29, 0.717) is 11.4 Å². The van der Waals surface area contributed by atoms with Crippen LogP contribution >= 0.6 is 0 Å². The van der Waals surface area contributed by atoms with Crippen molar-refractivity contribution in [2.75, 3.05) is 0 Å². The second-order valence-electron chi connectivity index (χ2n) is 4.96. The number of carbonyl (C=O) groups excluding carboxylic acids is 1. The van der Waals surface area contributed by atoms with E-state index < -0.39 is 0 Å². The van der Waals surface area contributed by atoms with E-state index in [9.17, 15) is 4.79 Å². The summed E-state index contributed by atoms with van der Waals surface area (Å²) in [6.45, 7) is 3.80. The van der Waals surface area contributed by atoms with Crippen molar-refractivity contribution in [2.45, 2.75) is 13.8 Å². The first-order valence-electron chi connectivity index (χ1n) is 6.84. The maximum atomic E-state index is 12.3. The molecule has 0 saturated heterocycles. The maximum Gasteiger partial charge on any atom is 0.290 e. The quantitative estimate of drug-likeness (QED) is 0.594. The molecule has 3 aromatic rings. The highest BCUT2D eigenvalue weighted by atomic mass is 16.2. The minimum absolute atomic E-state index is 0.297. The van der Waals surface area contributed by atoms with Crippen molar-refractivity contribution in [3.8, 4) is 0 Å². The van der Waals surface area contributed by atoms with Crippen molar-refractivity contribution < 1.29 is 4.79 Å². The van der Waals surface area contributed by atoms with Gasteiger partial charge >= 0.3 is 0 Å². The van der Waals surface area contributed by atoms with Crippen LogP contribution in [0.4, 0.5) is 0 Å². The second kappa shape index (κ2) is 5.77. The molecule has 6 heteroatoms. The number of aryl methyl sites for hydroxylation is 2. The summed E-state index contributed by atoms with van der Waals surface area (Å²) in [5, 5.41) is 3.96. The van der Waals surface area contributed by atoms with Crippen molar-refractivity contribution in [3.05, 3.63) is 65.4 Å². The maximum absolute atomic E-state index is 12.3. The highest BCUT2D eigenvalue weighted by Crippen LogP contribution is 2.13. The fourth-order valence-corrected chi connectivity index (χ4v) is 2.21. The van der Waals surface area contributed by atoms with E-state index in [-0.39, 0.29) is 5.91 Å². The Morgan fingerprint density at radius 1 is 1.36 bits per heavy atom. The minimum Gasteiger partial charge on any atom is -0.295 e. The van der Waals surface area contributed by atoms with Gasteiger partial charge in [0.2, 0.25) is 0 Å². The molecule has 1 amide bonds. The van der Waals surface area contributed by atoms with Crippen LogP contribution in [-0.4, -0.2) is 26.5 Å². The minimum atomic E-state index is -0.297. The third-order valence-electron chi connectivity index (χ3n) is 3.24. The van der Waals surface area contributed by atoms with Crippen molar-refractivity contribution in [1.29, 1.82) is 0 Å². The molecule has 110 valence electrons. The topological polar surface area (TPSA) is 71.7 Å². The van der Waals surface area contributed by atoms with Crippen LogP contribution in [0.5, 0.6) is 0 Å². The van der Waals surface area contributed by atoms with E-state index in [4.69, 9.17) is 0 Å². The summed E-state index contributed by atoms with van der Waals surface area (Å²) < 4.78 is 1.76. The summed E-state index contributed by atoms with van der Waals surface area (Å²) in [6.07, 6.45) is 6.73. The van der Waals surface area contributed by atoms with Gasteiger partial charge in [-0.15, -0.1) is 0 Å². The van der Waals surface area contributed by atoms with Gasteiger partial charge in [0.1, 0.15) is 11.3 Å². The predicted octanol–water partition coefficient (Wildman–Crippen LogP) is 2.11. The molecule has 22 heavy (non-hydrogen) atoms. The standard InChI is InChI=1S/C16H15N5O/c1-11-5-7-21-14(8-11)19-12(2)15(21)16(22)20-18-10-13-4-3-6-17-9-13/h3-10H,1-2H3,(H,20,22)/b18-10+. The molecule has 0 radical (unpaired) electrons. The normalized spacial score (nSPS) is 11.2. The number of amides is 1. The molecule has 0 aliphatic heterocycles. The number of aromatic nitrogens is 3. The van der Waals surface area contributed by atoms with E-state index in [1.807, 2.05) is 38.2 Å². The predicted molar refractivity (Wildman–Crippen MR) is 84.0 cm³/mol. The van der Waals surface area contributed by atoms with Crippen LogP contribution in [-0.2, 0) is 0 Å². The summed E-state index contributed by atoms with van der Waals surface area (Å²) in [6, 6.07) is 7.53. The van der Waals surface area contributed by atoms with Crippen LogP contribution in [0.15, 0.2) is 48.0 Å². The molecule has 0 atom stereocenters. The first kappa shape index (κ1) is 13.9. The molecule has 3 heterocycles. The third kappa shape index (κ3) is 2.71. The fraction of sp³-hybridized carbons (Fsp3) is 0.125. The number of nitrogens with zero attached hydrogens (tertiary/aromatic N) is 4. The molecule has 0 aliphatic rings. The van der Waals surface area contributed by atoms with E-state index in [1.54, 1.807) is 29.1 Å². The van der Waals surface area contributed by atoms with Crippen LogP contribution in [0.1, 0.15) is 27.3 Å². The van der Waals surface area contributed by atoms with Crippen LogP contribution in [0.25, 0.3) is 5.65 Å². The van der Waals surface area contributed by atoms with Gasteiger partial charge in [-0.1, -0.05) is 6.07 Å². The molecular formula is C16H15N5O. The van der Waals surface area contributed by atoms with Gasteiger partial charge in [0.15, 0.2) is 0 Å². The zero-order chi connectivity index (χ0) is 15.5. The first-order valence-corrected chi connectivity index (χ1v) is 6.84. The Kier molecular flexibility index (Phi) is 3.65. The third-order valence-corrected chi connectivity index (χ3v) is 3.24. The Balaban J connectivity index is 1.83. The van der Waals surface area contributed by atoms with Gasteiger partial charge in [-0.2, -0.15) is 5.10 Å². The Hall–Kier alpha value is -3.02. The number of rotatable bonds is 3. The van der Waals surface area contributed by atoms with Crippen molar-refractivity contribution in [1.82, 2.24) is 19.8 Å². The first-order chi connectivity index (χ1) is 10.6. The molecule has 0 fully saturated rings. The Bertz CT molecular complexity index is 852. The molecule has 1 N–H and O–H groups in total. The van der Waals surface area contributed by atoms with Gasteiger partial charge in [0.25, 0.3) is 5.91 Å². The van der Waals surface area contributed by atoms with Crippen LogP contribution in [0.2, 0.25) is 0 Å². The number of carbonyl (C=O) groups is 1. The van der Waals surface area contributed by atoms with E-state index in [1.165, 1.54) is 0 Å². The Labute approximate surface area is 127 Å². The Morgan fingerprint density at radius 3 is 3.00 bits per heavy atom. The fourth-order valence-electron chi connectivity index (χ4n) is 2.21. The number of fused-ring (bicyclic) bond motifs is 1. The van der Waals surface area contributed by atoms with Crippen LogP contribution in [0.3, 0.4) is 0 Å². The number of hydrazone groups is 1. The summed E-state index contributed by atoms with van der Waals surface area (Å²) in [7, 11) is 0. The molecule has 3 aromatic heterocycles. The average Bonchev–Trinajstić information content (AvgIpc) is 2.83. The number of hydrogen-bond donors (Lipinski definition) is 1.